The molecule has 90 valence electrons. The van der Waals surface area contributed by atoms with Crippen LogP contribution in [0.1, 0.15) is 38.5 Å². The first-order valence-electron chi connectivity index (χ1n) is 5.72. The lowest BCUT2D eigenvalue weighted by atomic mass is 9.59. The lowest BCUT2D eigenvalue weighted by Gasteiger charge is -2.48. The van der Waals surface area contributed by atoms with Crippen molar-refractivity contribution >= 4 is 11.8 Å². The molecule has 0 aromatic carbocycles. The Labute approximate surface area is 94.7 Å². The summed E-state index contributed by atoms with van der Waals surface area (Å²) in [6.45, 7) is 0. The number of hydrogen-bond donors (Lipinski definition) is 2. The molecule has 0 radical (unpaired) electrons. The van der Waals surface area contributed by atoms with Crippen LogP contribution < -0.4 is 0 Å². The molecule has 0 bridgehead atoms. The highest BCUT2D eigenvalue weighted by Crippen LogP contribution is 2.50. The molecule has 0 unspecified atom stereocenters. The lowest BCUT2D eigenvalue weighted by Crippen LogP contribution is -2.46. The van der Waals surface area contributed by atoms with E-state index in [-0.39, 0.29) is 6.04 Å². The molecule has 2 rings (SSSR count). The first-order chi connectivity index (χ1) is 7.56. The van der Waals surface area contributed by atoms with Crippen molar-refractivity contribution in [2.75, 3.05) is 7.05 Å². The molecule has 2 aliphatic rings. The van der Waals surface area contributed by atoms with E-state index >= 15 is 0 Å². The second kappa shape index (κ2) is 3.96. The van der Waals surface area contributed by atoms with Gasteiger partial charge in [-0.05, 0) is 43.9 Å². The molecule has 2 saturated carbocycles. The van der Waals surface area contributed by atoms with Crippen molar-refractivity contribution in [1.82, 2.24) is 4.90 Å². The molecule has 2 aliphatic carbocycles. The average molecular weight is 226 g/mol. The van der Waals surface area contributed by atoms with Gasteiger partial charge in [-0.2, -0.15) is 0 Å². The van der Waals surface area contributed by atoms with Gasteiger partial charge in [0.15, 0.2) is 0 Å². The number of rotatable bonds is 1. The summed E-state index contributed by atoms with van der Waals surface area (Å²) < 4.78 is 0. The quantitative estimate of drug-likeness (QED) is 0.531. The van der Waals surface area contributed by atoms with Crippen LogP contribution in [0.2, 0.25) is 0 Å². The molecule has 0 aromatic heterocycles. The monoisotopic (exact) mass is 226 g/mol. The van der Waals surface area contributed by atoms with Gasteiger partial charge in [-0.15, -0.1) is 0 Å². The molecule has 16 heavy (non-hydrogen) atoms. The standard InChI is InChI=1S/C11H18N2O3/c1-13(10(14)15)9-2-4-11(5-3-9)6-8(7-11)12-16/h9,16H,2-7H2,1H3,(H,14,15). The molecule has 0 atom stereocenters. The van der Waals surface area contributed by atoms with Gasteiger partial charge in [0.2, 0.25) is 0 Å². The summed E-state index contributed by atoms with van der Waals surface area (Å²) in [6, 6.07) is 0.165. The molecule has 2 N–H and O–H groups in total. The molecule has 0 aliphatic heterocycles. The predicted octanol–water partition coefficient (Wildman–Crippen LogP) is 2.15. The van der Waals surface area contributed by atoms with Gasteiger partial charge in [-0.1, -0.05) is 5.16 Å². The SMILES string of the molecule is CN(C(=O)O)C1CCC2(CC1)CC(=NO)C2. The third-order valence-corrected chi connectivity index (χ3v) is 4.16. The van der Waals surface area contributed by atoms with E-state index in [9.17, 15) is 4.79 Å². The summed E-state index contributed by atoms with van der Waals surface area (Å²) in [6.07, 6.45) is 4.92. The smallest absolute Gasteiger partial charge is 0.407 e. The maximum absolute atomic E-state index is 10.8. The topological polar surface area (TPSA) is 73.1 Å². The van der Waals surface area contributed by atoms with Crippen molar-refractivity contribution in [2.45, 2.75) is 44.6 Å². The molecule has 0 heterocycles. The van der Waals surface area contributed by atoms with Crippen molar-refractivity contribution in [1.29, 1.82) is 0 Å². The number of amides is 1. The summed E-state index contributed by atoms with van der Waals surface area (Å²) in [5, 5.41) is 20.7. The van der Waals surface area contributed by atoms with E-state index in [0.29, 0.717) is 5.41 Å². The molecule has 1 amide bonds. The summed E-state index contributed by atoms with van der Waals surface area (Å²) in [7, 11) is 1.65. The number of hydrogen-bond acceptors (Lipinski definition) is 3. The zero-order valence-corrected chi connectivity index (χ0v) is 9.52. The van der Waals surface area contributed by atoms with Crippen LogP contribution in [0.4, 0.5) is 4.79 Å². The van der Waals surface area contributed by atoms with Crippen LogP contribution in [-0.2, 0) is 0 Å². The van der Waals surface area contributed by atoms with Gasteiger partial charge < -0.3 is 15.2 Å². The van der Waals surface area contributed by atoms with Gasteiger partial charge >= 0.3 is 6.09 Å². The van der Waals surface area contributed by atoms with E-state index in [1.807, 2.05) is 0 Å². The van der Waals surface area contributed by atoms with Gasteiger partial charge in [0.25, 0.3) is 0 Å². The van der Waals surface area contributed by atoms with Gasteiger partial charge in [0.1, 0.15) is 0 Å². The van der Waals surface area contributed by atoms with Gasteiger partial charge in [0, 0.05) is 13.1 Å². The molecule has 2 fully saturated rings. The maximum atomic E-state index is 10.8. The van der Waals surface area contributed by atoms with Crippen LogP contribution in [0.3, 0.4) is 0 Å². The Morgan fingerprint density at radius 2 is 2.00 bits per heavy atom. The van der Waals surface area contributed by atoms with Gasteiger partial charge in [-0.25, -0.2) is 4.79 Å². The minimum absolute atomic E-state index is 0.165. The van der Waals surface area contributed by atoms with Crippen molar-refractivity contribution in [3.8, 4) is 0 Å². The van der Waals surface area contributed by atoms with Crippen LogP contribution in [0, 0.1) is 5.41 Å². The highest BCUT2D eigenvalue weighted by atomic mass is 16.4. The minimum atomic E-state index is -0.841. The summed E-state index contributed by atoms with van der Waals surface area (Å²) in [5.41, 5.74) is 1.21. The predicted molar refractivity (Wildman–Crippen MR) is 58.9 cm³/mol. The highest BCUT2D eigenvalue weighted by Gasteiger charge is 2.45. The van der Waals surface area contributed by atoms with E-state index in [4.69, 9.17) is 10.3 Å². The molecular formula is C11H18N2O3. The van der Waals surface area contributed by atoms with Crippen LogP contribution >= 0.6 is 0 Å². The van der Waals surface area contributed by atoms with E-state index in [0.717, 1.165) is 44.2 Å². The van der Waals surface area contributed by atoms with Crippen molar-refractivity contribution in [2.24, 2.45) is 10.6 Å². The minimum Gasteiger partial charge on any atom is -0.465 e. The molecule has 5 heteroatoms. The summed E-state index contributed by atoms with van der Waals surface area (Å²) in [4.78, 5) is 12.2. The Morgan fingerprint density at radius 1 is 1.44 bits per heavy atom. The van der Waals surface area contributed by atoms with Gasteiger partial charge in [-0.3, -0.25) is 0 Å². The molecule has 5 nitrogen and oxygen atoms in total. The second-order valence-electron chi connectivity index (χ2n) is 5.14. The number of oxime groups is 1. The van der Waals surface area contributed by atoms with E-state index in [2.05, 4.69) is 5.16 Å². The first-order valence-corrected chi connectivity index (χ1v) is 5.72. The van der Waals surface area contributed by atoms with Crippen LogP contribution in [0.25, 0.3) is 0 Å². The third-order valence-electron chi connectivity index (χ3n) is 4.16. The van der Waals surface area contributed by atoms with Gasteiger partial charge in [0.05, 0.1) is 5.71 Å². The highest BCUT2D eigenvalue weighted by molar-refractivity contribution is 5.91. The van der Waals surface area contributed by atoms with Crippen LogP contribution in [0.15, 0.2) is 5.16 Å². The number of carboxylic acid groups (broad SMARTS) is 1. The Kier molecular flexibility index (Phi) is 2.78. The Hall–Kier alpha value is -1.26. The fourth-order valence-corrected chi connectivity index (χ4v) is 3.00. The summed E-state index contributed by atoms with van der Waals surface area (Å²) in [5.74, 6) is 0. The molecular weight excluding hydrogens is 208 g/mol. The summed E-state index contributed by atoms with van der Waals surface area (Å²) >= 11 is 0. The molecule has 0 aromatic rings. The van der Waals surface area contributed by atoms with Crippen LogP contribution in [-0.4, -0.2) is 40.1 Å². The van der Waals surface area contributed by atoms with E-state index in [1.54, 1.807) is 7.05 Å². The number of carbonyl (C=O) groups is 1. The van der Waals surface area contributed by atoms with Crippen molar-refractivity contribution < 1.29 is 15.1 Å². The fourth-order valence-electron chi connectivity index (χ4n) is 3.00. The van der Waals surface area contributed by atoms with Crippen molar-refractivity contribution in [3.63, 3.8) is 0 Å². The Bertz CT molecular complexity index is 309. The zero-order chi connectivity index (χ0) is 11.8. The normalized spacial score (nSPS) is 33.3. The third kappa shape index (κ3) is 1.86. The van der Waals surface area contributed by atoms with E-state index in [1.165, 1.54) is 4.90 Å². The molecule has 0 saturated heterocycles. The second-order valence-corrected chi connectivity index (χ2v) is 5.14. The van der Waals surface area contributed by atoms with Crippen molar-refractivity contribution in [3.05, 3.63) is 0 Å². The fraction of sp³-hybridized carbons (Fsp3) is 0.818. The largest absolute Gasteiger partial charge is 0.465 e. The number of nitrogens with zero attached hydrogens (tertiary/aromatic N) is 2. The first kappa shape index (κ1) is 11.2. The average Bonchev–Trinajstić information content (AvgIpc) is 2.25. The Morgan fingerprint density at radius 3 is 2.44 bits per heavy atom. The lowest BCUT2D eigenvalue weighted by molar-refractivity contribution is 0.0836. The van der Waals surface area contributed by atoms with Crippen LogP contribution in [0.5, 0.6) is 0 Å². The van der Waals surface area contributed by atoms with E-state index < -0.39 is 6.09 Å². The molecule has 1 spiro atoms. The zero-order valence-electron chi connectivity index (χ0n) is 9.52. The maximum Gasteiger partial charge on any atom is 0.407 e. The Balaban J connectivity index is 1.86.